The molecule has 7 nitrogen and oxygen atoms in total. The van der Waals surface area contributed by atoms with Crippen molar-refractivity contribution in [2.75, 3.05) is 7.11 Å². The third-order valence-corrected chi connectivity index (χ3v) is 2.38. The Bertz CT molecular complexity index is 726. The van der Waals surface area contributed by atoms with Crippen LogP contribution in [0.2, 0.25) is 0 Å². The minimum atomic E-state index is -1.29. The standard InChI is InChI=1S/C11H9NO6/c1-17-6-2-3-7-8(4-6)18-11(16)12(10(7)15)5-9(13)14/h2-4H,5H2,1H3,(H,13,14). The van der Waals surface area contributed by atoms with Crippen LogP contribution in [-0.2, 0) is 11.3 Å². The van der Waals surface area contributed by atoms with Gasteiger partial charge in [0.25, 0.3) is 5.56 Å². The van der Waals surface area contributed by atoms with Crippen molar-refractivity contribution >= 4 is 16.9 Å². The molecule has 0 spiro atoms. The number of hydrogen-bond donors (Lipinski definition) is 1. The maximum atomic E-state index is 11.9. The third-order valence-electron chi connectivity index (χ3n) is 2.38. The van der Waals surface area contributed by atoms with Crippen LogP contribution in [0.3, 0.4) is 0 Å². The molecular formula is C11H9NO6. The van der Waals surface area contributed by atoms with Crippen molar-refractivity contribution in [1.29, 1.82) is 0 Å². The van der Waals surface area contributed by atoms with Crippen molar-refractivity contribution in [1.82, 2.24) is 4.57 Å². The highest BCUT2D eigenvalue weighted by molar-refractivity contribution is 5.77. The Morgan fingerprint density at radius 1 is 1.44 bits per heavy atom. The highest BCUT2D eigenvalue weighted by Crippen LogP contribution is 2.16. The zero-order valence-corrected chi connectivity index (χ0v) is 9.37. The first-order valence-electron chi connectivity index (χ1n) is 4.96. The predicted octanol–water partition coefficient (Wildman–Crippen LogP) is 0.0479. The number of rotatable bonds is 3. The van der Waals surface area contributed by atoms with Crippen LogP contribution in [0.5, 0.6) is 5.75 Å². The van der Waals surface area contributed by atoms with Crippen molar-refractivity contribution in [3.8, 4) is 5.75 Å². The van der Waals surface area contributed by atoms with Crippen molar-refractivity contribution in [2.24, 2.45) is 0 Å². The number of fused-ring (bicyclic) bond motifs is 1. The molecule has 0 bridgehead atoms. The Balaban J connectivity index is 2.75. The highest BCUT2D eigenvalue weighted by atomic mass is 16.5. The van der Waals surface area contributed by atoms with Gasteiger partial charge in [-0.15, -0.1) is 0 Å². The van der Waals surface area contributed by atoms with Gasteiger partial charge in [-0.05, 0) is 12.1 Å². The zero-order valence-electron chi connectivity index (χ0n) is 9.37. The molecule has 0 fully saturated rings. The van der Waals surface area contributed by atoms with E-state index in [1.165, 1.54) is 25.3 Å². The van der Waals surface area contributed by atoms with Crippen LogP contribution in [0.25, 0.3) is 11.0 Å². The van der Waals surface area contributed by atoms with Gasteiger partial charge in [0.2, 0.25) is 0 Å². The SMILES string of the molecule is COc1ccc2c(=O)n(CC(=O)O)c(=O)oc2c1. The van der Waals surface area contributed by atoms with Gasteiger partial charge >= 0.3 is 11.7 Å². The summed E-state index contributed by atoms with van der Waals surface area (Å²) in [6, 6.07) is 4.33. The lowest BCUT2D eigenvalue weighted by molar-refractivity contribution is -0.137. The Morgan fingerprint density at radius 2 is 2.17 bits per heavy atom. The Labute approximate surface area is 99.8 Å². The number of hydrogen-bond acceptors (Lipinski definition) is 5. The number of methoxy groups -OCH3 is 1. The first-order valence-corrected chi connectivity index (χ1v) is 4.96. The summed E-state index contributed by atoms with van der Waals surface area (Å²) in [6.45, 7) is -0.733. The molecule has 0 unspecified atom stereocenters. The number of carboxylic acid groups (broad SMARTS) is 1. The number of carbonyl (C=O) groups is 1. The lowest BCUT2D eigenvalue weighted by Crippen LogP contribution is -2.35. The topological polar surface area (TPSA) is 98.7 Å². The van der Waals surface area contributed by atoms with Crippen molar-refractivity contribution in [3.05, 3.63) is 39.1 Å². The molecule has 0 saturated heterocycles. The van der Waals surface area contributed by atoms with Gasteiger partial charge in [0.15, 0.2) is 0 Å². The molecule has 1 heterocycles. The molecule has 0 saturated carbocycles. The zero-order chi connectivity index (χ0) is 13.3. The van der Waals surface area contributed by atoms with E-state index in [4.69, 9.17) is 14.3 Å². The fourth-order valence-corrected chi connectivity index (χ4v) is 1.54. The van der Waals surface area contributed by atoms with Crippen molar-refractivity contribution in [2.45, 2.75) is 6.54 Å². The molecule has 7 heteroatoms. The molecule has 1 N–H and O–H groups in total. The molecule has 94 valence electrons. The number of aromatic nitrogens is 1. The molecule has 0 radical (unpaired) electrons. The van der Waals surface area contributed by atoms with Gasteiger partial charge in [-0.2, -0.15) is 0 Å². The first-order chi connectivity index (χ1) is 8.52. The summed E-state index contributed by atoms with van der Waals surface area (Å²) in [5.74, 6) is -1.87. The normalized spacial score (nSPS) is 10.5. The molecule has 0 aliphatic rings. The summed E-state index contributed by atoms with van der Waals surface area (Å²) in [7, 11) is 1.44. The largest absolute Gasteiger partial charge is 0.497 e. The number of ether oxygens (including phenoxy) is 1. The second-order valence-corrected chi connectivity index (χ2v) is 3.52. The van der Waals surface area contributed by atoms with E-state index >= 15 is 0 Å². The molecule has 0 aliphatic carbocycles. The van der Waals surface area contributed by atoms with E-state index in [9.17, 15) is 14.4 Å². The Morgan fingerprint density at radius 3 is 2.78 bits per heavy atom. The number of benzene rings is 1. The fraction of sp³-hybridized carbons (Fsp3) is 0.182. The van der Waals surface area contributed by atoms with E-state index in [-0.39, 0.29) is 11.0 Å². The average Bonchev–Trinajstić information content (AvgIpc) is 2.33. The monoisotopic (exact) mass is 251 g/mol. The van der Waals surface area contributed by atoms with Crippen LogP contribution < -0.4 is 16.1 Å². The highest BCUT2D eigenvalue weighted by Gasteiger charge is 2.12. The van der Waals surface area contributed by atoms with Crippen LogP contribution in [0, 0.1) is 0 Å². The molecule has 2 aromatic rings. The van der Waals surface area contributed by atoms with Gasteiger partial charge in [0.1, 0.15) is 17.9 Å². The summed E-state index contributed by atoms with van der Waals surface area (Å²) in [6.07, 6.45) is 0. The van der Waals surface area contributed by atoms with Crippen molar-refractivity contribution < 1.29 is 19.1 Å². The summed E-state index contributed by atoms with van der Waals surface area (Å²) in [5.41, 5.74) is -0.641. The quantitative estimate of drug-likeness (QED) is 0.827. The fourth-order valence-electron chi connectivity index (χ4n) is 1.54. The Hall–Kier alpha value is -2.57. The van der Waals surface area contributed by atoms with Crippen molar-refractivity contribution in [3.63, 3.8) is 0 Å². The summed E-state index contributed by atoms with van der Waals surface area (Å²) >= 11 is 0. The lowest BCUT2D eigenvalue weighted by atomic mass is 10.2. The van der Waals surface area contributed by atoms with E-state index in [1.54, 1.807) is 0 Å². The summed E-state index contributed by atoms with van der Waals surface area (Å²) < 4.78 is 10.3. The molecule has 0 atom stereocenters. The van der Waals surface area contributed by atoms with Crippen LogP contribution in [0.4, 0.5) is 0 Å². The maximum Gasteiger partial charge on any atom is 0.422 e. The van der Waals surface area contributed by atoms with Gasteiger partial charge in [-0.25, -0.2) is 9.36 Å². The van der Waals surface area contributed by atoms with E-state index in [0.717, 1.165) is 0 Å². The molecule has 18 heavy (non-hydrogen) atoms. The van der Waals surface area contributed by atoms with E-state index in [1.807, 2.05) is 0 Å². The molecule has 0 aliphatic heterocycles. The lowest BCUT2D eigenvalue weighted by Gasteiger charge is -2.03. The van der Waals surface area contributed by atoms with Crippen LogP contribution >= 0.6 is 0 Å². The summed E-state index contributed by atoms with van der Waals surface area (Å²) in [5, 5.41) is 8.73. The molecule has 2 rings (SSSR count). The van der Waals surface area contributed by atoms with Gasteiger partial charge in [0.05, 0.1) is 12.5 Å². The van der Waals surface area contributed by atoms with E-state index < -0.39 is 23.8 Å². The number of aliphatic carboxylic acids is 1. The second-order valence-electron chi connectivity index (χ2n) is 3.52. The minimum absolute atomic E-state index is 0.0611. The van der Waals surface area contributed by atoms with Gasteiger partial charge in [-0.1, -0.05) is 0 Å². The second kappa shape index (κ2) is 4.36. The molecule has 1 aromatic heterocycles. The summed E-state index contributed by atoms with van der Waals surface area (Å²) in [4.78, 5) is 33.9. The third kappa shape index (κ3) is 1.97. The van der Waals surface area contributed by atoms with Crippen LogP contribution in [-0.4, -0.2) is 22.8 Å². The average molecular weight is 251 g/mol. The predicted molar refractivity (Wildman–Crippen MR) is 60.9 cm³/mol. The van der Waals surface area contributed by atoms with Crippen LogP contribution in [0.1, 0.15) is 0 Å². The minimum Gasteiger partial charge on any atom is -0.497 e. The van der Waals surface area contributed by atoms with Gasteiger partial charge < -0.3 is 14.3 Å². The van der Waals surface area contributed by atoms with Crippen LogP contribution in [0.15, 0.2) is 32.2 Å². The molecule has 1 aromatic carbocycles. The molecule has 0 amide bonds. The number of nitrogens with zero attached hydrogens (tertiary/aromatic N) is 1. The van der Waals surface area contributed by atoms with Gasteiger partial charge in [-0.3, -0.25) is 9.59 Å². The van der Waals surface area contributed by atoms with E-state index in [0.29, 0.717) is 10.3 Å². The van der Waals surface area contributed by atoms with E-state index in [2.05, 4.69) is 0 Å². The van der Waals surface area contributed by atoms with Gasteiger partial charge in [0, 0.05) is 6.07 Å². The maximum absolute atomic E-state index is 11.9. The first kappa shape index (κ1) is 11.9. The smallest absolute Gasteiger partial charge is 0.422 e. The Kier molecular flexibility index (Phi) is 2.88. The number of carboxylic acids is 1. The molecular weight excluding hydrogens is 242 g/mol.